The van der Waals surface area contributed by atoms with Gasteiger partial charge in [0.05, 0.1) is 11.8 Å². The van der Waals surface area contributed by atoms with Gasteiger partial charge in [-0.15, -0.1) is 10.2 Å². The van der Waals surface area contributed by atoms with E-state index in [-0.39, 0.29) is 0 Å². The minimum absolute atomic E-state index is 0.634. The van der Waals surface area contributed by atoms with E-state index in [2.05, 4.69) is 10.2 Å². The molecule has 0 aliphatic rings. The van der Waals surface area contributed by atoms with Crippen LogP contribution in [-0.4, -0.2) is 14.8 Å². The van der Waals surface area contributed by atoms with Gasteiger partial charge < -0.3 is 8.98 Å². The molecular weight excluding hydrogens is 341 g/mol. The molecule has 0 aliphatic carbocycles. The number of benzene rings is 1. The fourth-order valence-corrected chi connectivity index (χ4v) is 3.54. The predicted molar refractivity (Wildman–Crippen MR) is 89.5 cm³/mol. The van der Waals surface area contributed by atoms with Crippen LogP contribution in [0.3, 0.4) is 0 Å². The molecular formula is C15H13Cl2N3OS. The average molecular weight is 354 g/mol. The normalized spacial score (nSPS) is 11.1. The molecule has 2 heterocycles. The molecule has 3 aromatic rings. The number of aryl methyl sites for hydroxylation is 1. The summed E-state index contributed by atoms with van der Waals surface area (Å²) in [5.41, 5.74) is 1.96. The Labute approximate surface area is 142 Å². The molecule has 0 fully saturated rings. The highest BCUT2D eigenvalue weighted by molar-refractivity contribution is 7.98. The van der Waals surface area contributed by atoms with Gasteiger partial charge in [0.25, 0.3) is 0 Å². The summed E-state index contributed by atoms with van der Waals surface area (Å²) in [6, 6.07) is 7.40. The summed E-state index contributed by atoms with van der Waals surface area (Å²) < 4.78 is 7.27. The summed E-state index contributed by atoms with van der Waals surface area (Å²) in [5, 5.41) is 10.6. The van der Waals surface area contributed by atoms with Gasteiger partial charge in [0.15, 0.2) is 11.0 Å². The second-order valence-electron chi connectivity index (χ2n) is 4.78. The highest BCUT2D eigenvalue weighted by Gasteiger charge is 2.15. The summed E-state index contributed by atoms with van der Waals surface area (Å²) in [6.45, 7) is 1.91. The summed E-state index contributed by atoms with van der Waals surface area (Å²) in [5.74, 6) is 2.32. The largest absolute Gasteiger partial charge is 0.469 e. The maximum atomic E-state index is 6.19. The van der Waals surface area contributed by atoms with E-state index in [0.717, 1.165) is 27.9 Å². The molecule has 0 N–H and O–H groups in total. The second kappa shape index (κ2) is 6.36. The lowest BCUT2D eigenvalue weighted by molar-refractivity contribution is 0.534. The lowest BCUT2D eigenvalue weighted by atomic mass is 10.2. The Balaban J connectivity index is 1.79. The number of furan rings is 1. The SMILES string of the molecule is Cc1occc1-c1nnc(SCc2ccc(Cl)cc2Cl)n1C. The third-order valence-electron chi connectivity index (χ3n) is 3.31. The van der Waals surface area contributed by atoms with Crippen LogP contribution in [0.25, 0.3) is 11.4 Å². The monoisotopic (exact) mass is 353 g/mol. The molecule has 1 aromatic carbocycles. The fourth-order valence-electron chi connectivity index (χ4n) is 2.07. The van der Waals surface area contributed by atoms with Gasteiger partial charge in [-0.1, -0.05) is 41.0 Å². The van der Waals surface area contributed by atoms with Crippen LogP contribution in [0, 0.1) is 6.92 Å². The van der Waals surface area contributed by atoms with E-state index in [0.29, 0.717) is 15.8 Å². The van der Waals surface area contributed by atoms with Crippen molar-refractivity contribution in [1.29, 1.82) is 0 Å². The molecule has 0 aliphatic heterocycles. The second-order valence-corrected chi connectivity index (χ2v) is 6.57. The quantitative estimate of drug-likeness (QED) is 0.620. The Morgan fingerprint density at radius 3 is 2.73 bits per heavy atom. The summed E-state index contributed by atoms with van der Waals surface area (Å²) in [7, 11) is 1.94. The number of hydrogen-bond acceptors (Lipinski definition) is 4. The molecule has 0 unspecified atom stereocenters. The molecule has 0 atom stereocenters. The van der Waals surface area contributed by atoms with Crippen molar-refractivity contribution in [2.75, 3.05) is 0 Å². The Hall–Kier alpha value is -1.43. The van der Waals surface area contributed by atoms with Gasteiger partial charge in [-0.05, 0) is 30.7 Å². The van der Waals surface area contributed by atoms with Gasteiger partial charge in [0.2, 0.25) is 0 Å². The van der Waals surface area contributed by atoms with E-state index in [9.17, 15) is 0 Å². The number of aromatic nitrogens is 3. The van der Waals surface area contributed by atoms with E-state index in [1.165, 1.54) is 0 Å². The zero-order valence-corrected chi connectivity index (χ0v) is 14.3. The molecule has 0 bridgehead atoms. The first-order valence-electron chi connectivity index (χ1n) is 6.57. The topological polar surface area (TPSA) is 43.9 Å². The Kier molecular flexibility index (Phi) is 4.47. The van der Waals surface area contributed by atoms with E-state index in [1.807, 2.05) is 36.7 Å². The van der Waals surface area contributed by atoms with Crippen molar-refractivity contribution in [3.63, 3.8) is 0 Å². The van der Waals surface area contributed by atoms with Crippen molar-refractivity contribution in [2.45, 2.75) is 17.8 Å². The van der Waals surface area contributed by atoms with Crippen LogP contribution < -0.4 is 0 Å². The maximum Gasteiger partial charge on any atom is 0.191 e. The number of halogens is 2. The van der Waals surface area contributed by atoms with Gasteiger partial charge in [0.1, 0.15) is 5.76 Å². The van der Waals surface area contributed by atoms with Gasteiger partial charge in [0, 0.05) is 22.8 Å². The summed E-state index contributed by atoms with van der Waals surface area (Å²) in [4.78, 5) is 0. The number of nitrogens with zero attached hydrogens (tertiary/aromatic N) is 3. The average Bonchev–Trinajstić information content (AvgIpc) is 3.04. The van der Waals surface area contributed by atoms with Gasteiger partial charge in [-0.2, -0.15) is 0 Å². The fraction of sp³-hybridized carbons (Fsp3) is 0.200. The Morgan fingerprint density at radius 1 is 1.23 bits per heavy atom. The zero-order chi connectivity index (χ0) is 15.7. The van der Waals surface area contributed by atoms with Gasteiger partial charge in [-0.25, -0.2) is 0 Å². The predicted octanol–water partition coefficient (Wildman–Crippen LogP) is 4.98. The lowest BCUT2D eigenvalue weighted by Gasteiger charge is -2.05. The molecule has 7 heteroatoms. The summed E-state index contributed by atoms with van der Waals surface area (Å²) >= 11 is 13.7. The van der Waals surface area contributed by atoms with E-state index >= 15 is 0 Å². The summed E-state index contributed by atoms with van der Waals surface area (Å²) in [6.07, 6.45) is 1.65. The highest BCUT2D eigenvalue weighted by atomic mass is 35.5. The van der Waals surface area contributed by atoms with Crippen LogP contribution in [0.2, 0.25) is 10.0 Å². The van der Waals surface area contributed by atoms with E-state index in [1.54, 1.807) is 24.1 Å². The molecule has 0 radical (unpaired) electrons. The van der Waals surface area contributed by atoms with Crippen LogP contribution in [0.1, 0.15) is 11.3 Å². The number of rotatable bonds is 4. The van der Waals surface area contributed by atoms with Crippen LogP contribution in [0.4, 0.5) is 0 Å². The van der Waals surface area contributed by atoms with Crippen LogP contribution >= 0.6 is 35.0 Å². The van der Waals surface area contributed by atoms with Crippen molar-refractivity contribution in [1.82, 2.24) is 14.8 Å². The maximum absolute atomic E-state index is 6.19. The molecule has 0 amide bonds. The van der Waals surface area contributed by atoms with Crippen molar-refractivity contribution < 1.29 is 4.42 Å². The first-order valence-corrected chi connectivity index (χ1v) is 8.31. The van der Waals surface area contributed by atoms with Gasteiger partial charge >= 0.3 is 0 Å². The van der Waals surface area contributed by atoms with E-state index in [4.69, 9.17) is 27.6 Å². The van der Waals surface area contributed by atoms with Crippen molar-refractivity contribution in [3.05, 3.63) is 51.9 Å². The van der Waals surface area contributed by atoms with Crippen LogP contribution in [-0.2, 0) is 12.8 Å². The van der Waals surface area contributed by atoms with Crippen LogP contribution in [0.15, 0.2) is 40.1 Å². The number of hydrogen-bond donors (Lipinski definition) is 0. The van der Waals surface area contributed by atoms with Gasteiger partial charge in [-0.3, -0.25) is 0 Å². The first-order chi connectivity index (χ1) is 10.6. The van der Waals surface area contributed by atoms with Crippen molar-refractivity contribution in [2.24, 2.45) is 7.05 Å². The van der Waals surface area contributed by atoms with E-state index < -0.39 is 0 Å². The minimum atomic E-state index is 0.634. The molecule has 0 saturated carbocycles. The zero-order valence-electron chi connectivity index (χ0n) is 12.0. The molecule has 22 heavy (non-hydrogen) atoms. The molecule has 3 rings (SSSR count). The van der Waals surface area contributed by atoms with Crippen molar-refractivity contribution in [3.8, 4) is 11.4 Å². The smallest absolute Gasteiger partial charge is 0.191 e. The Bertz CT molecular complexity index is 813. The Morgan fingerprint density at radius 2 is 2.05 bits per heavy atom. The van der Waals surface area contributed by atoms with Crippen LogP contribution in [0.5, 0.6) is 0 Å². The third-order valence-corrected chi connectivity index (χ3v) is 4.96. The molecule has 2 aromatic heterocycles. The third kappa shape index (κ3) is 3.02. The molecule has 114 valence electrons. The van der Waals surface area contributed by atoms with Crippen molar-refractivity contribution >= 4 is 35.0 Å². The molecule has 0 saturated heterocycles. The standard InChI is InChI=1S/C15H13Cl2N3OS/c1-9-12(5-6-21-9)14-18-19-15(20(14)2)22-8-10-3-4-11(16)7-13(10)17/h3-7H,8H2,1-2H3. The number of thioether (sulfide) groups is 1. The molecule has 4 nitrogen and oxygen atoms in total. The highest BCUT2D eigenvalue weighted by Crippen LogP contribution is 2.30. The first kappa shape index (κ1) is 15.5. The minimum Gasteiger partial charge on any atom is -0.469 e. The molecule has 0 spiro atoms. The lowest BCUT2D eigenvalue weighted by Crippen LogP contribution is -1.95.